The first-order chi connectivity index (χ1) is 5.06. The van der Waals surface area contributed by atoms with Crippen LogP contribution in [0.1, 0.15) is 6.92 Å². The van der Waals surface area contributed by atoms with E-state index in [1.165, 1.54) is 6.92 Å². The summed E-state index contributed by atoms with van der Waals surface area (Å²) in [4.78, 5) is 35.0. The largest absolute Gasteiger partial charge is 0.503 e. The number of carbonyl (C=O) groups excluding carboxylic acids is 3. The Balaban J connectivity index is -0.0000000231. The molecule has 0 aromatic carbocycles. The second-order valence-electron chi connectivity index (χ2n) is 0.790. The molecule has 0 unspecified atom stereocenters. The molecule has 0 aliphatic carbocycles. The third-order valence-corrected chi connectivity index (χ3v) is 0.0556. The molecule has 0 radical (unpaired) electrons. The van der Waals surface area contributed by atoms with Gasteiger partial charge in [0.05, 0.1) is 0 Å². The van der Waals surface area contributed by atoms with Gasteiger partial charge in [0.25, 0.3) is 0 Å². The van der Waals surface area contributed by atoms with Gasteiger partial charge in [-0.05, 0) is 6.92 Å². The first-order valence-electron chi connectivity index (χ1n) is 2.27. The zero-order chi connectivity index (χ0) is 9.70. The number of carbonyl (C=O) groups is 4. The lowest BCUT2D eigenvalue weighted by Crippen LogP contribution is -1.81. The molecule has 80 valence electrons. The van der Waals surface area contributed by atoms with Gasteiger partial charge in [-0.3, -0.25) is 9.59 Å². The van der Waals surface area contributed by atoms with E-state index in [0.29, 0.717) is 0 Å². The summed E-state index contributed by atoms with van der Waals surface area (Å²) in [5, 5.41) is 13.9. The second-order valence-corrected chi connectivity index (χ2v) is 0.790. The van der Waals surface area contributed by atoms with Gasteiger partial charge in [-0.25, -0.2) is 4.79 Å². The van der Waals surface area contributed by atoms with E-state index < -0.39 is 6.16 Å². The van der Waals surface area contributed by atoms with Crippen LogP contribution >= 0.6 is 0 Å². The molecule has 8 heteroatoms. The van der Waals surface area contributed by atoms with Crippen molar-refractivity contribution in [3.8, 4) is 0 Å². The molecular weight excluding hydrogens is 184 g/mol. The monoisotopic (exact) mass is 198 g/mol. The van der Waals surface area contributed by atoms with Gasteiger partial charge in [0.2, 0.25) is 0 Å². The number of aldehydes is 3. The molecule has 0 saturated heterocycles. The molecule has 0 heterocycles. The van der Waals surface area contributed by atoms with E-state index in [1.807, 2.05) is 0 Å². The normalized spacial score (nSPS) is 4.38. The van der Waals surface area contributed by atoms with Crippen LogP contribution in [0.25, 0.3) is 0 Å². The minimum Gasteiger partial charge on any atom is -0.450 e. The summed E-state index contributed by atoms with van der Waals surface area (Å²) in [6, 6.07) is 0. The summed E-state index contributed by atoms with van der Waals surface area (Å²) >= 11 is 0. The van der Waals surface area contributed by atoms with Gasteiger partial charge in [0, 0.05) is 0 Å². The van der Waals surface area contributed by atoms with Gasteiger partial charge in [0.15, 0.2) is 12.6 Å². The maximum atomic E-state index is 8.81. The second kappa shape index (κ2) is 48.9. The Hall–Kier alpha value is -1.80. The van der Waals surface area contributed by atoms with Crippen molar-refractivity contribution in [2.24, 2.45) is 0 Å². The van der Waals surface area contributed by atoms with Crippen LogP contribution in [-0.2, 0) is 14.4 Å². The van der Waals surface area contributed by atoms with E-state index >= 15 is 0 Å². The van der Waals surface area contributed by atoms with Crippen molar-refractivity contribution in [2.45, 2.75) is 6.92 Å². The van der Waals surface area contributed by atoms with E-state index in [2.05, 4.69) is 0 Å². The predicted molar refractivity (Wildman–Crippen MR) is 44.6 cm³/mol. The fourth-order valence-electron chi connectivity index (χ4n) is 0. The van der Waals surface area contributed by atoms with E-state index in [1.54, 1.807) is 0 Å². The topological polar surface area (TPSA) is 179 Å². The average Bonchev–Trinajstić information content (AvgIpc) is 1.88. The molecule has 0 bridgehead atoms. The highest BCUT2D eigenvalue weighted by atomic mass is 16.6. The van der Waals surface area contributed by atoms with Crippen molar-refractivity contribution < 1.29 is 29.4 Å². The summed E-state index contributed by atoms with van der Waals surface area (Å²) in [7, 11) is 0. The standard InChI is InChI=1S/C2H2O2.C2H4O.CH2O3.2H3N/c3-1-2-4;1-2-3;2-1(3)4;;/h1-2H;2H,1H3;(H2,2,3,4);2*1H3. The van der Waals surface area contributed by atoms with Crippen LogP contribution in [0.15, 0.2) is 0 Å². The SMILES string of the molecule is CC=O.N.N.O=C(O)O.O=CC=O. The van der Waals surface area contributed by atoms with Crippen LogP contribution < -0.4 is 12.3 Å². The summed E-state index contributed by atoms with van der Waals surface area (Å²) in [6.07, 6.45) is -0.694. The molecule has 0 aromatic heterocycles. The highest BCUT2D eigenvalue weighted by Gasteiger charge is 1.70. The van der Waals surface area contributed by atoms with Crippen molar-refractivity contribution in [1.29, 1.82) is 0 Å². The van der Waals surface area contributed by atoms with Gasteiger partial charge >= 0.3 is 6.16 Å². The van der Waals surface area contributed by atoms with Gasteiger partial charge < -0.3 is 27.3 Å². The summed E-state index contributed by atoms with van der Waals surface area (Å²) in [6.45, 7) is 1.44. The molecule has 8 N–H and O–H groups in total. The van der Waals surface area contributed by atoms with Gasteiger partial charge in [-0.1, -0.05) is 0 Å². The van der Waals surface area contributed by atoms with Crippen molar-refractivity contribution in [3.05, 3.63) is 0 Å². The van der Waals surface area contributed by atoms with Crippen molar-refractivity contribution >= 4 is 25.0 Å². The maximum Gasteiger partial charge on any atom is 0.503 e. The lowest BCUT2D eigenvalue weighted by Gasteiger charge is -1.60. The fraction of sp³-hybridized carbons (Fsp3) is 0.200. The van der Waals surface area contributed by atoms with E-state index in [4.69, 9.17) is 29.4 Å². The van der Waals surface area contributed by atoms with Crippen LogP contribution in [0.5, 0.6) is 0 Å². The lowest BCUT2D eigenvalue weighted by atomic mass is 10.9. The molecule has 0 atom stereocenters. The summed E-state index contributed by atoms with van der Waals surface area (Å²) in [5.74, 6) is 0. The minimum atomic E-state index is -1.83. The molecule has 0 fully saturated rings. The Morgan fingerprint density at radius 1 is 1.00 bits per heavy atom. The molecule has 0 amide bonds. The van der Waals surface area contributed by atoms with Crippen LogP contribution in [0, 0.1) is 0 Å². The first-order valence-corrected chi connectivity index (χ1v) is 2.27. The van der Waals surface area contributed by atoms with Crippen LogP contribution in [0.4, 0.5) is 4.79 Å². The van der Waals surface area contributed by atoms with E-state index in [0.717, 1.165) is 6.29 Å². The van der Waals surface area contributed by atoms with Crippen molar-refractivity contribution in [2.75, 3.05) is 0 Å². The first kappa shape index (κ1) is 30.3. The van der Waals surface area contributed by atoms with Crippen LogP contribution in [0.2, 0.25) is 0 Å². The Morgan fingerprint density at radius 2 is 1.08 bits per heavy atom. The van der Waals surface area contributed by atoms with Gasteiger partial charge in [-0.2, -0.15) is 0 Å². The Bertz CT molecular complexity index is 116. The van der Waals surface area contributed by atoms with Crippen molar-refractivity contribution in [3.63, 3.8) is 0 Å². The molecule has 0 aliphatic heterocycles. The fourth-order valence-corrected chi connectivity index (χ4v) is 0. The number of rotatable bonds is 1. The minimum absolute atomic E-state index is 0. The smallest absolute Gasteiger partial charge is 0.450 e. The molecule has 0 rings (SSSR count). The molecule has 0 aliphatic rings. The Morgan fingerprint density at radius 3 is 1.08 bits per heavy atom. The number of hydrogen-bond donors (Lipinski definition) is 4. The highest BCUT2D eigenvalue weighted by Crippen LogP contribution is 1.42. The lowest BCUT2D eigenvalue weighted by molar-refractivity contribution is -0.122. The molecular formula is C5H14N2O6. The molecule has 0 saturated carbocycles. The zero-order valence-electron chi connectivity index (χ0n) is 7.17. The van der Waals surface area contributed by atoms with Crippen molar-refractivity contribution in [1.82, 2.24) is 12.3 Å². The summed E-state index contributed by atoms with van der Waals surface area (Å²) < 4.78 is 0. The zero-order valence-corrected chi connectivity index (χ0v) is 7.17. The van der Waals surface area contributed by atoms with Gasteiger partial charge in [-0.15, -0.1) is 0 Å². The third-order valence-electron chi connectivity index (χ3n) is 0.0556. The Kier molecular flexibility index (Phi) is 114. The van der Waals surface area contributed by atoms with Crippen LogP contribution in [0.3, 0.4) is 0 Å². The molecule has 8 nitrogen and oxygen atoms in total. The predicted octanol–water partition coefficient (Wildman–Crippen LogP) is 0.136. The number of hydrogen-bond acceptors (Lipinski definition) is 6. The van der Waals surface area contributed by atoms with E-state index in [9.17, 15) is 0 Å². The molecule has 13 heavy (non-hydrogen) atoms. The maximum absolute atomic E-state index is 8.81. The quantitative estimate of drug-likeness (QED) is 0.339. The van der Waals surface area contributed by atoms with Crippen LogP contribution in [-0.4, -0.2) is 35.2 Å². The summed E-state index contributed by atoms with van der Waals surface area (Å²) in [5.41, 5.74) is 0. The highest BCUT2D eigenvalue weighted by molar-refractivity contribution is 6.09. The molecule has 0 aromatic rings. The Labute approximate surface area is 74.7 Å². The average molecular weight is 198 g/mol. The third kappa shape index (κ3) is 1070. The number of carboxylic acid groups (broad SMARTS) is 2. The van der Waals surface area contributed by atoms with E-state index in [-0.39, 0.29) is 24.9 Å². The molecule has 0 spiro atoms. The van der Waals surface area contributed by atoms with Gasteiger partial charge in [0.1, 0.15) is 6.29 Å².